The van der Waals surface area contributed by atoms with Crippen LogP contribution in [0, 0.1) is 19.8 Å². The number of hydrogen-bond donors (Lipinski definition) is 1. The molecule has 0 spiro atoms. The van der Waals surface area contributed by atoms with E-state index in [1.54, 1.807) is 0 Å². The Morgan fingerprint density at radius 1 is 1.29 bits per heavy atom. The number of anilines is 1. The summed E-state index contributed by atoms with van der Waals surface area (Å²) in [5, 5.41) is 3.27. The third-order valence-corrected chi connectivity index (χ3v) is 3.37. The Morgan fingerprint density at radius 2 is 2.00 bits per heavy atom. The van der Waals surface area contributed by atoms with E-state index in [4.69, 9.17) is 0 Å². The van der Waals surface area contributed by atoms with Gasteiger partial charge in [0.1, 0.15) is 0 Å². The van der Waals surface area contributed by atoms with Crippen molar-refractivity contribution in [2.24, 2.45) is 5.92 Å². The Hall–Kier alpha value is -1.02. The summed E-state index contributed by atoms with van der Waals surface area (Å²) >= 11 is 0. The maximum absolute atomic E-state index is 3.27. The average Bonchev–Trinajstić information content (AvgIpc) is 2.28. The van der Waals surface area contributed by atoms with Crippen molar-refractivity contribution in [1.82, 2.24) is 5.32 Å². The highest BCUT2D eigenvalue weighted by Crippen LogP contribution is 2.21. The van der Waals surface area contributed by atoms with Gasteiger partial charge in [-0.15, -0.1) is 0 Å². The zero-order valence-electron chi connectivity index (χ0n) is 11.9. The number of aryl methyl sites for hydroxylation is 2. The Labute approximate surface area is 106 Å². The molecule has 2 heteroatoms. The third kappa shape index (κ3) is 4.04. The number of nitrogens with one attached hydrogen (secondary N) is 1. The normalized spacial score (nSPS) is 12.5. The third-order valence-electron chi connectivity index (χ3n) is 3.37. The second-order valence-electron chi connectivity index (χ2n) is 5.00. The molecular formula is C15H26N2. The highest BCUT2D eigenvalue weighted by Gasteiger charge is 2.11. The predicted octanol–water partition coefficient (Wildman–Crippen LogP) is 2.99. The molecule has 0 saturated heterocycles. The molecule has 17 heavy (non-hydrogen) atoms. The van der Waals surface area contributed by atoms with Crippen molar-refractivity contribution in [2.45, 2.75) is 27.2 Å². The molecule has 0 heterocycles. The summed E-state index contributed by atoms with van der Waals surface area (Å²) in [6, 6.07) is 6.68. The number of hydrogen-bond acceptors (Lipinski definition) is 2. The molecule has 0 radical (unpaired) electrons. The average molecular weight is 234 g/mol. The molecule has 0 amide bonds. The Bertz CT molecular complexity index is 347. The summed E-state index contributed by atoms with van der Waals surface area (Å²) in [7, 11) is 4.22. The van der Waals surface area contributed by atoms with E-state index in [1.807, 2.05) is 7.05 Å². The van der Waals surface area contributed by atoms with Crippen LogP contribution in [-0.2, 0) is 0 Å². The molecule has 0 aliphatic carbocycles. The second kappa shape index (κ2) is 6.65. The molecule has 1 N–H and O–H groups in total. The molecule has 1 unspecified atom stereocenters. The van der Waals surface area contributed by atoms with Gasteiger partial charge in [-0.1, -0.05) is 31.0 Å². The van der Waals surface area contributed by atoms with Crippen LogP contribution in [0.3, 0.4) is 0 Å². The molecule has 1 rings (SSSR count). The fourth-order valence-electron chi connectivity index (χ4n) is 2.35. The van der Waals surface area contributed by atoms with Crippen LogP contribution in [-0.4, -0.2) is 27.2 Å². The minimum absolute atomic E-state index is 0.714. The van der Waals surface area contributed by atoms with Gasteiger partial charge in [0.2, 0.25) is 0 Å². The van der Waals surface area contributed by atoms with E-state index in [-0.39, 0.29) is 0 Å². The zero-order valence-corrected chi connectivity index (χ0v) is 11.9. The smallest absolute Gasteiger partial charge is 0.0393 e. The molecule has 1 aromatic rings. The molecular weight excluding hydrogens is 208 g/mol. The first-order valence-electron chi connectivity index (χ1n) is 6.51. The number of nitrogens with zero attached hydrogens (tertiary/aromatic N) is 1. The lowest BCUT2D eigenvalue weighted by molar-refractivity contribution is 0.484. The van der Waals surface area contributed by atoms with Crippen molar-refractivity contribution in [3.63, 3.8) is 0 Å². The number of benzene rings is 1. The van der Waals surface area contributed by atoms with E-state index in [2.05, 4.69) is 56.2 Å². The lowest BCUT2D eigenvalue weighted by atomic mass is 10.0. The van der Waals surface area contributed by atoms with Gasteiger partial charge in [0.05, 0.1) is 0 Å². The summed E-state index contributed by atoms with van der Waals surface area (Å²) in [5.41, 5.74) is 4.05. The fourth-order valence-corrected chi connectivity index (χ4v) is 2.35. The molecule has 0 saturated carbocycles. The molecule has 1 atom stereocenters. The van der Waals surface area contributed by atoms with Crippen LogP contribution in [0.5, 0.6) is 0 Å². The lowest BCUT2D eigenvalue weighted by Crippen LogP contribution is -2.31. The molecule has 2 nitrogen and oxygen atoms in total. The van der Waals surface area contributed by atoms with Crippen molar-refractivity contribution in [2.75, 3.05) is 32.1 Å². The van der Waals surface area contributed by atoms with E-state index < -0.39 is 0 Å². The first kappa shape index (κ1) is 14.0. The molecule has 0 aliphatic heterocycles. The van der Waals surface area contributed by atoms with E-state index in [0.717, 1.165) is 13.1 Å². The van der Waals surface area contributed by atoms with E-state index in [1.165, 1.54) is 23.2 Å². The van der Waals surface area contributed by atoms with Gasteiger partial charge in [-0.05, 0) is 45.0 Å². The Kier molecular flexibility index (Phi) is 5.49. The Morgan fingerprint density at radius 3 is 2.53 bits per heavy atom. The summed E-state index contributed by atoms with van der Waals surface area (Å²) in [6.07, 6.45) is 1.22. The van der Waals surface area contributed by atoms with Gasteiger partial charge in [0.15, 0.2) is 0 Å². The van der Waals surface area contributed by atoms with Crippen LogP contribution in [0.4, 0.5) is 5.69 Å². The highest BCUT2D eigenvalue weighted by atomic mass is 15.1. The van der Waals surface area contributed by atoms with Gasteiger partial charge in [-0.25, -0.2) is 0 Å². The highest BCUT2D eigenvalue weighted by molar-refractivity contribution is 5.53. The maximum atomic E-state index is 3.27. The molecule has 0 bridgehead atoms. The van der Waals surface area contributed by atoms with Gasteiger partial charge >= 0.3 is 0 Å². The number of rotatable bonds is 6. The van der Waals surface area contributed by atoms with Gasteiger partial charge in [-0.2, -0.15) is 0 Å². The van der Waals surface area contributed by atoms with Gasteiger partial charge < -0.3 is 10.2 Å². The summed E-state index contributed by atoms with van der Waals surface area (Å²) in [5.74, 6) is 0.714. The minimum Gasteiger partial charge on any atom is -0.374 e. The van der Waals surface area contributed by atoms with E-state index in [9.17, 15) is 0 Å². The van der Waals surface area contributed by atoms with E-state index >= 15 is 0 Å². The van der Waals surface area contributed by atoms with Crippen molar-refractivity contribution < 1.29 is 0 Å². The van der Waals surface area contributed by atoms with Crippen LogP contribution in [0.1, 0.15) is 24.5 Å². The first-order chi connectivity index (χ1) is 8.08. The van der Waals surface area contributed by atoms with E-state index in [0.29, 0.717) is 5.92 Å². The largest absolute Gasteiger partial charge is 0.374 e. The molecule has 0 aliphatic rings. The van der Waals surface area contributed by atoms with Crippen LogP contribution in [0.15, 0.2) is 18.2 Å². The minimum atomic E-state index is 0.714. The van der Waals surface area contributed by atoms with Crippen LogP contribution >= 0.6 is 0 Å². The molecule has 96 valence electrons. The van der Waals surface area contributed by atoms with Crippen LogP contribution < -0.4 is 10.2 Å². The Balaban J connectivity index is 2.71. The standard InChI is InChI=1S/C15H26N2/c1-6-14(10-16-4)11-17(5)15-8-7-12(2)9-13(15)3/h7-9,14,16H,6,10-11H2,1-5H3. The topological polar surface area (TPSA) is 15.3 Å². The summed E-state index contributed by atoms with van der Waals surface area (Å²) in [6.45, 7) is 8.80. The van der Waals surface area contributed by atoms with Crippen molar-refractivity contribution in [1.29, 1.82) is 0 Å². The monoisotopic (exact) mass is 234 g/mol. The summed E-state index contributed by atoms with van der Waals surface area (Å²) < 4.78 is 0. The van der Waals surface area contributed by atoms with Crippen molar-refractivity contribution in [3.05, 3.63) is 29.3 Å². The van der Waals surface area contributed by atoms with Gasteiger partial charge in [0, 0.05) is 19.3 Å². The molecule has 1 aromatic carbocycles. The zero-order chi connectivity index (χ0) is 12.8. The van der Waals surface area contributed by atoms with Gasteiger partial charge in [-0.3, -0.25) is 0 Å². The predicted molar refractivity (Wildman–Crippen MR) is 76.9 cm³/mol. The second-order valence-corrected chi connectivity index (χ2v) is 5.00. The quantitative estimate of drug-likeness (QED) is 0.814. The van der Waals surface area contributed by atoms with Crippen molar-refractivity contribution in [3.8, 4) is 0 Å². The van der Waals surface area contributed by atoms with Gasteiger partial charge in [0.25, 0.3) is 0 Å². The fraction of sp³-hybridized carbons (Fsp3) is 0.600. The van der Waals surface area contributed by atoms with Crippen LogP contribution in [0.25, 0.3) is 0 Å². The lowest BCUT2D eigenvalue weighted by Gasteiger charge is -2.26. The summed E-state index contributed by atoms with van der Waals surface area (Å²) in [4.78, 5) is 2.38. The molecule has 0 fully saturated rings. The molecule has 0 aromatic heterocycles. The first-order valence-corrected chi connectivity index (χ1v) is 6.51. The van der Waals surface area contributed by atoms with Crippen molar-refractivity contribution >= 4 is 5.69 Å². The SMILES string of the molecule is CCC(CNC)CN(C)c1ccc(C)cc1C. The maximum Gasteiger partial charge on any atom is 0.0393 e. The van der Waals surface area contributed by atoms with Crippen LogP contribution in [0.2, 0.25) is 0 Å².